The number of ether oxygens (including phenoxy) is 1. The Morgan fingerprint density at radius 1 is 1.07 bits per heavy atom. The molecule has 2 aromatic carbocycles. The summed E-state index contributed by atoms with van der Waals surface area (Å²) < 4.78 is 44.0. The van der Waals surface area contributed by atoms with Gasteiger partial charge in [-0.15, -0.1) is 11.8 Å². The summed E-state index contributed by atoms with van der Waals surface area (Å²) in [4.78, 5) is 27.7. The van der Waals surface area contributed by atoms with Crippen molar-refractivity contribution >= 4 is 23.6 Å². The first-order valence-corrected chi connectivity index (χ1v) is 10.5. The molecule has 0 N–H and O–H groups in total. The highest BCUT2D eigenvalue weighted by Crippen LogP contribution is 2.54. The van der Waals surface area contributed by atoms with E-state index in [1.54, 1.807) is 23.1 Å². The Morgan fingerprint density at radius 2 is 1.83 bits per heavy atom. The lowest BCUT2D eigenvalue weighted by Gasteiger charge is -2.26. The molecule has 156 valence electrons. The fraction of sp³-hybridized carbons (Fsp3) is 0.364. The number of amides is 1. The minimum Gasteiger partial charge on any atom is -0.449 e. The third kappa shape index (κ3) is 3.09. The monoisotopic (exact) mass is 433 g/mol. The second-order valence-electron chi connectivity index (χ2n) is 8.03. The van der Waals surface area contributed by atoms with Crippen molar-refractivity contribution < 1.29 is 27.5 Å². The maximum Gasteiger partial charge on any atom is 0.416 e. The number of carbonyl (C=O) groups excluding carboxylic acids is 2. The number of hydrogen-bond donors (Lipinski definition) is 0. The van der Waals surface area contributed by atoms with Crippen molar-refractivity contribution in [3.63, 3.8) is 0 Å². The lowest BCUT2D eigenvalue weighted by molar-refractivity contribution is -0.137. The van der Waals surface area contributed by atoms with E-state index in [4.69, 9.17) is 4.74 Å². The normalized spacial score (nSPS) is 24.1. The lowest BCUT2D eigenvalue weighted by Crippen LogP contribution is -2.40. The van der Waals surface area contributed by atoms with E-state index in [-0.39, 0.29) is 18.4 Å². The molecule has 1 amide bonds. The van der Waals surface area contributed by atoms with Crippen molar-refractivity contribution in [1.29, 1.82) is 0 Å². The molecule has 8 heteroatoms. The van der Waals surface area contributed by atoms with E-state index in [2.05, 4.69) is 0 Å². The number of alkyl halides is 3. The van der Waals surface area contributed by atoms with Crippen LogP contribution in [0.1, 0.15) is 40.7 Å². The summed E-state index contributed by atoms with van der Waals surface area (Å²) >= 11 is 1.20. The van der Waals surface area contributed by atoms with E-state index < -0.39 is 22.1 Å². The number of likely N-dealkylation sites (tertiary alicyclic amines) is 1. The van der Waals surface area contributed by atoms with Crippen LogP contribution in [0.25, 0.3) is 0 Å². The summed E-state index contributed by atoms with van der Waals surface area (Å²) in [5.41, 5.74) is -0.197. The molecular formula is C22H18F3NO3S. The van der Waals surface area contributed by atoms with Crippen molar-refractivity contribution in [1.82, 2.24) is 4.90 Å². The van der Waals surface area contributed by atoms with Gasteiger partial charge in [0.05, 0.1) is 22.4 Å². The predicted octanol–water partition coefficient (Wildman–Crippen LogP) is 4.63. The average molecular weight is 433 g/mol. The van der Waals surface area contributed by atoms with Gasteiger partial charge in [-0.1, -0.05) is 24.3 Å². The Bertz CT molecular complexity index is 1050. The van der Waals surface area contributed by atoms with Crippen LogP contribution in [0.15, 0.2) is 53.4 Å². The molecule has 5 rings (SSSR count). The van der Waals surface area contributed by atoms with E-state index in [0.29, 0.717) is 36.3 Å². The highest BCUT2D eigenvalue weighted by atomic mass is 32.2. The van der Waals surface area contributed by atoms with Gasteiger partial charge in [0.25, 0.3) is 0 Å². The number of thioether (sulfide) groups is 1. The summed E-state index contributed by atoms with van der Waals surface area (Å²) in [5.74, 6) is -0.471. The van der Waals surface area contributed by atoms with Gasteiger partial charge in [0.2, 0.25) is 5.91 Å². The molecule has 2 aliphatic heterocycles. The zero-order chi connectivity index (χ0) is 21.1. The largest absolute Gasteiger partial charge is 0.449 e. The van der Waals surface area contributed by atoms with E-state index in [9.17, 15) is 22.8 Å². The van der Waals surface area contributed by atoms with Gasteiger partial charge in [-0.05, 0) is 37.1 Å². The van der Waals surface area contributed by atoms with E-state index >= 15 is 0 Å². The molecule has 0 bridgehead atoms. The van der Waals surface area contributed by atoms with Gasteiger partial charge in [-0.2, -0.15) is 13.2 Å². The summed E-state index contributed by atoms with van der Waals surface area (Å²) in [6, 6.07) is 12.3. The summed E-state index contributed by atoms with van der Waals surface area (Å²) in [6.45, 7) is 0.727. The molecular weight excluding hydrogens is 415 g/mol. The van der Waals surface area contributed by atoms with Crippen LogP contribution in [0.2, 0.25) is 0 Å². The Balaban J connectivity index is 1.35. The molecule has 1 unspecified atom stereocenters. The fourth-order valence-corrected chi connectivity index (χ4v) is 5.63. The van der Waals surface area contributed by atoms with Crippen LogP contribution in [-0.2, 0) is 21.3 Å². The number of hydrogen-bond acceptors (Lipinski definition) is 4. The van der Waals surface area contributed by atoms with Crippen molar-refractivity contribution in [2.75, 3.05) is 13.1 Å². The van der Waals surface area contributed by atoms with Gasteiger partial charge in [0.15, 0.2) is 5.60 Å². The summed E-state index contributed by atoms with van der Waals surface area (Å²) in [5, 5.41) is 0. The van der Waals surface area contributed by atoms with Crippen LogP contribution in [0, 0.1) is 0 Å². The van der Waals surface area contributed by atoms with Gasteiger partial charge < -0.3 is 9.64 Å². The van der Waals surface area contributed by atoms with Crippen molar-refractivity contribution in [3.05, 3.63) is 65.2 Å². The first-order valence-electron chi connectivity index (χ1n) is 9.71. The molecule has 1 aliphatic carbocycles. The molecule has 0 radical (unpaired) electrons. The van der Waals surface area contributed by atoms with Gasteiger partial charge in [0, 0.05) is 23.4 Å². The maximum absolute atomic E-state index is 13.3. The van der Waals surface area contributed by atoms with Crippen molar-refractivity contribution in [2.45, 2.75) is 40.7 Å². The zero-order valence-electron chi connectivity index (χ0n) is 15.9. The highest BCUT2D eigenvalue weighted by Gasteiger charge is 2.57. The quantitative estimate of drug-likeness (QED) is 0.663. The average Bonchev–Trinajstić information content (AvgIpc) is 3.28. The zero-order valence-corrected chi connectivity index (χ0v) is 16.7. The summed E-state index contributed by atoms with van der Waals surface area (Å²) in [6.07, 6.45) is -2.66. The van der Waals surface area contributed by atoms with Crippen molar-refractivity contribution in [3.8, 4) is 0 Å². The molecule has 2 fully saturated rings. The number of carbonyl (C=O) groups is 2. The number of rotatable bonds is 3. The predicted molar refractivity (Wildman–Crippen MR) is 104 cm³/mol. The molecule has 1 atom stereocenters. The number of halogens is 3. The van der Waals surface area contributed by atoms with Gasteiger partial charge in [0.1, 0.15) is 0 Å². The summed E-state index contributed by atoms with van der Waals surface area (Å²) in [7, 11) is 0. The van der Waals surface area contributed by atoms with Crippen LogP contribution in [-0.4, -0.2) is 34.6 Å². The van der Waals surface area contributed by atoms with Gasteiger partial charge in [-0.25, -0.2) is 4.79 Å². The number of benzene rings is 2. The Morgan fingerprint density at radius 3 is 2.57 bits per heavy atom. The lowest BCUT2D eigenvalue weighted by atomic mass is 9.91. The molecule has 1 spiro atoms. The topological polar surface area (TPSA) is 46.6 Å². The minimum atomic E-state index is -4.42. The molecule has 1 saturated carbocycles. The minimum absolute atomic E-state index is 0.0952. The SMILES string of the molecule is O=C1OC2(CCN(C(=O)C3(Sc4cccc(C(F)(F)F)c4)CC3)C2)c2ccccc21. The molecule has 1 saturated heterocycles. The van der Waals surface area contributed by atoms with Crippen LogP contribution in [0.4, 0.5) is 13.2 Å². The first-order chi connectivity index (χ1) is 14.2. The van der Waals surface area contributed by atoms with E-state index in [0.717, 1.165) is 17.7 Å². The Kier molecular flexibility index (Phi) is 4.23. The smallest absolute Gasteiger partial charge is 0.416 e. The van der Waals surface area contributed by atoms with Crippen LogP contribution < -0.4 is 0 Å². The molecule has 4 nitrogen and oxygen atoms in total. The van der Waals surface area contributed by atoms with Crippen LogP contribution in [0.5, 0.6) is 0 Å². The molecule has 3 aliphatic rings. The number of fused-ring (bicyclic) bond motifs is 2. The fourth-order valence-electron chi connectivity index (χ4n) is 4.33. The van der Waals surface area contributed by atoms with Gasteiger partial charge >= 0.3 is 12.1 Å². The third-order valence-corrected chi connectivity index (χ3v) is 7.48. The Hall–Kier alpha value is -2.48. The van der Waals surface area contributed by atoms with Gasteiger partial charge in [-0.3, -0.25) is 4.79 Å². The molecule has 0 aromatic heterocycles. The molecule has 30 heavy (non-hydrogen) atoms. The highest BCUT2D eigenvalue weighted by molar-refractivity contribution is 8.01. The van der Waals surface area contributed by atoms with Crippen molar-refractivity contribution in [2.24, 2.45) is 0 Å². The second kappa shape index (κ2) is 6.51. The van der Waals surface area contributed by atoms with Crippen LogP contribution >= 0.6 is 11.8 Å². The van der Waals surface area contributed by atoms with E-state index in [1.807, 2.05) is 12.1 Å². The Labute approximate surface area is 175 Å². The van der Waals surface area contributed by atoms with Crippen LogP contribution in [0.3, 0.4) is 0 Å². The molecule has 2 aromatic rings. The standard InChI is InChI=1S/C22H18F3NO3S/c23-22(24,25)14-4-3-5-15(12-14)30-21(8-9-21)19(28)26-11-10-20(13-26)17-7-2-1-6-16(17)18(27)29-20/h1-7,12H,8-11,13H2. The second-order valence-corrected chi connectivity index (χ2v) is 9.49. The van der Waals surface area contributed by atoms with E-state index in [1.165, 1.54) is 17.8 Å². The first kappa shape index (κ1) is 19.5. The maximum atomic E-state index is 13.3. The third-order valence-electron chi connectivity index (χ3n) is 6.01. The number of esters is 1. The number of nitrogens with zero attached hydrogens (tertiary/aromatic N) is 1. The molecule has 2 heterocycles.